The highest BCUT2D eigenvalue weighted by molar-refractivity contribution is 5.92. The Kier molecular flexibility index (Phi) is 6.57. The molecule has 0 radical (unpaired) electrons. The van der Waals surface area contributed by atoms with Crippen LogP contribution in [0.2, 0.25) is 0 Å². The zero-order valence-electron chi connectivity index (χ0n) is 14.7. The van der Waals surface area contributed by atoms with Crippen LogP contribution in [0.25, 0.3) is 0 Å². The van der Waals surface area contributed by atoms with E-state index in [9.17, 15) is 9.59 Å². The third-order valence-electron chi connectivity index (χ3n) is 3.73. The summed E-state index contributed by atoms with van der Waals surface area (Å²) in [7, 11) is 1.58. The third-order valence-corrected chi connectivity index (χ3v) is 3.73. The smallest absolute Gasteiger partial charge is 0.310 e. The number of hydrogen-bond acceptors (Lipinski definition) is 4. The van der Waals surface area contributed by atoms with Crippen LogP contribution in [-0.2, 0) is 20.7 Å². The van der Waals surface area contributed by atoms with Gasteiger partial charge in [0.25, 0.3) is 5.91 Å². The molecule has 5 heteroatoms. The van der Waals surface area contributed by atoms with Crippen LogP contribution in [0.3, 0.4) is 0 Å². The molecule has 0 fully saturated rings. The van der Waals surface area contributed by atoms with Crippen molar-refractivity contribution in [1.82, 2.24) is 0 Å². The van der Waals surface area contributed by atoms with E-state index in [0.717, 1.165) is 11.3 Å². The summed E-state index contributed by atoms with van der Waals surface area (Å²) in [6.45, 7) is 3.91. The fourth-order valence-corrected chi connectivity index (χ4v) is 2.26. The van der Waals surface area contributed by atoms with Crippen molar-refractivity contribution in [1.29, 1.82) is 0 Å². The number of benzene rings is 2. The van der Waals surface area contributed by atoms with Crippen LogP contribution in [0.15, 0.2) is 48.5 Å². The van der Waals surface area contributed by atoms with E-state index >= 15 is 0 Å². The van der Waals surface area contributed by atoms with Crippen molar-refractivity contribution >= 4 is 17.6 Å². The maximum Gasteiger partial charge on any atom is 0.310 e. The quantitative estimate of drug-likeness (QED) is 0.782. The molecular weight excluding hydrogens is 318 g/mol. The third kappa shape index (κ3) is 5.95. The Labute approximate surface area is 148 Å². The molecule has 2 aromatic carbocycles. The molecule has 2 rings (SSSR count). The molecule has 1 amide bonds. The molecule has 0 aliphatic rings. The summed E-state index contributed by atoms with van der Waals surface area (Å²) < 4.78 is 10.1. The van der Waals surface area contributed by atoms with Gasteiger partial charge in [0.15, 0.2) is 6.61 Å². The Morgan fingerprint density at radius 3 is 2.20 bits per heavy atom. The van der Waals surface area contributed by atoms with Gasteiger partial charge in [0, 0.05) is 5.69 Å². The lowest BCUT2D eigenvalue weighted by Gasteiger charge is -2.09. The molecule has 132 valence electrons. The molecule has 0 spiro atoms. The number of carbonyl (C=O) groups excluding carboxylic acids is 2. The van der Waals surface area contributed by atoms with Gasteiger partial charge in [-0.2, -0.15) is 0 Å². The molecule has 25 heavy (non-hydrogen) atoms. The average Bonchev–Trinajstić information content (AvgIpc) is 2.61. The van der Waals surface area contributed by atoms with Crippen molar-refractivity contribution in [3.8, 4) is 5.75 Å². The van der Waals surface area contributed by atoms with E-state index in [1.165, 1.54) is 5.56 Å². The van der Waals surface area contributed by atoms with Crippen LogP contribution in [0, 0.1) is 0 Å². The van der Waals surface area contributed by atoms with Gasteiger partial charge in [0.2, 0.25) is 0 Å². The fraction of sp³-hybridized carbons (Fsp3) is 0.300. The van der Waals surface area contributed by atoms with Crippen molar-refractivity contribution in [2.24, 2.45) is 0 Å². The Balaban J connectivity index is 1.77. The number of esters is 1. The Bertz CT molecular complexity index is 705. The molecule has 0 unspecified atom stereocenters. The van der Waals surface area contributed by atoms with Gasteiger partial charge in [-0.3, -0.25) is 9.59 Å². The normalized spacial score (nSPS) is 10.4. The molecule has 0 aliphatic heterocycles. The molecule has 0 atom stereocenters. The van der Waals surface area contributed by atoms with E-state index in [0.29, 0.717) is 11.6 Å². The van der Waals surface area contributed by atoms with Gasteiger partial charge in [-0.15, -0.1) is 0 Å². The summed E-state index contributed by atoms with van der Waals surface area (Å²) in [5.74, 6) is 0.347. The van der Waals surface area contributed by atoms with E-state index in [2.05, 4.69) is 19.2 Å². The SMILES string of the molecule is COc1ccc(CC(=O)OCC(=O)Nc2ccc(C(C)C)cc2)cc1. The molecular formula is C20H23NO4. The summed E-state index contributed by atoms with van der Waals surface area (Å²) in [5, 5.41) is 2.71. The zero-order chi connectivity index (χ0) is 18.2. The minimum Gasteiger partial charge on any atom is -0.497 e. The summed E-state index contributed by atoms with van der Waals surface area (Å²) in [6.07, 6.45) is 0.111. The van der Waals surface area contributed by atoms with Gasteiger partial charge in [0.1, 0.15) is 5.75 Å². The highest BCUT2D eigenvalue weighted by Gasteiger charge is 2.09. The number of nitrogens with one attached hydrogen (secondary N) is 1. The van der Waals surface area contributed by atoms with E-state index in [-0.39, 0.29) is 18.9 Å². The van der Waals surface area contributed by atoms with Crippen LogP contribution < -0.4 is 10.1 Å². The van der Waals surface area contributed by atoms with Crippen molar-refractivity contribution in [3.63, 3.8) is 0 Å². The number of amides is 1. The highest BCUT2D eigenvalue weighted by atomic mass is 16.5. The highest BCUT2D eigenvalue weighted by Crippen LogP contribution is 2.17. The lowest BCUT2D eigenvalue weighted by atomic mass is 10.0. The number of hydrogen-bond donors (Lipinski definition) is 1. The standard InChI is InChI=1S/C20H23NO4/c1-14(2)16-6-8-17(9-7-16)21-19(22)13-25-20(23)12-15-4-10-18(24-3)11-5-15/h4-11,14H,12-13H2,1-3H3,(H,21,22). The number of rotatable bonds is 7. The van der Waals surface area contributed by atoms with Crippen LogP contribution in [-0.4, -0.2) is 25.6 Å². The molecule has 0 aliphatic carbocycles. The second-order valence-electron chi connectivity index (χ2n) is 6.01. The fourth-order valence-electron chi connectivity index (χ4n) is 2.26. The summed E-state index contributed by atoms with van der Waals surface area (Å²) in [4.78, 5) is 23.7. The first-order valence-electron chi connectivity index (χ1n) is 8.16. The maximum absolute atomic E-state index is 11.9. The molecule has 0 saturated heterocycles. The lowest BCUT2D eigenvalue weighted by Crippen LogP contribution is -2.21. The zero-order valence-corrected chi connectivity index (χ0v) is 14.7. The molecule has 1 N–H and O–H groups in total. The minimum atomic E-state index is -0.449. The second-order valence-corrected chi connectivity index (χ2v) is 6.01. The number of anilines is 1. The molecule has 0 saturated carbocycles. The topological polar surface area (TPSA) is 64.6 Å². The average molecular weight is 341 g/mol. The van der Waals surface area contributed by atoms with E-state index in [1.54, 1.807) is 31.4 Å². The Hall–Kier alpha value is -2.82. The van der Waals surface area contributed by atoms with Crippen LogP contribution in [0.1, 0.15) is 30.9 Å². The lowest BCUT2D eigenvalue weighted by molar-refractivity contribution is -0.146. The van der Waals surface area contributed by atoms with Gasteiger partial charge in [-0.1, -0.05) is 38.1 Å². The predicted molar refractivity (Wildman–Crippen MR) is 96.8 cm³/mol. The largest absolute Gasteiger partial charge is 0.497 e. The van der Waals surface area contributed by atoms with Crippen LogP contribution in [0.4, 0.5) is 5.69 Å². The Morgan fingerprint density at radius 2 is 1.64 bits per heavy atom. The number of ether oxygens (including phenoxy) is 2. The molecule has 5 nitrogen and oxygen atoms in total. The van der Waals surface area contributed by atoms with E-state index in [1.807, 2.05) is 24.3 Å². The molecule has 2 aromatic rings. The van der Waals surface area contributed by atoms with Gasteiger partial charge in [-0.25, -0.2) is 0 Å². The van der Waals surface area contributed by atoms with Gasteiger partial charge < -0.3 is 14.8 Å². The summed E-state index contributed by atoms with van der Waals surface area (Å²) in [6, 6.07) is 14.7. The van der Waals surface area contributed by atoms with Crippen molar-refractivity contribution in [2.45, 2.75) is 26.2 Å². The van der Waals surface area contributed by atoms with Crippen molar-refractivity contribution in [2.75, 3.05) is 19.0 Å². The minimum absolute atomic E-state index is 0.111. The summed E-state index contributed by atoms with van der Waals surface area (Å²) >= 11 is 0. The van der Waals surface area contributed by atoms with Crippen molar-refractivity contribution in [3.05, 3.63) is 59.7 Å². The van der Waals surface area contributed by atoms with E-state index < -0.39 is 5.97 Å². The first-order valence-corrected chi connectivity index (χ1v) is 8.16. The monoisotopic (exact) mass is 341 g/mol. The van der Waals surface area contributed by atoms with Crippen molar-refractivity contribution < 1.29 is 19.1 Å². The molecule has 0 aromatic heterocycles. The Morgan fingerprint density at radius 1 is 1.00 bits per heavy atom. The number of carbonyl (C=O) groups is 2. The van der Waals surface area contributed by atoms with Gasteiger partial charge in [0.05, 0.1) is 13.5 Å². The number of methoxy groups -OCH3 is 1. The molecule has 0 heterocycles. The summed E-state index contributed by atoms with van der Waals surface area (Å²) in [5.41, 5.74) is 2.68. The van der Waals surface area contributed by atoms with Gasteiger partial charge in [-0.05, 0) is 41.3 Å². The van der Waals surface area contributed by atoms with Crippen LogP contribution in [0.5, 0.6) is 5.75 Å². The first-order chi connectivity index (χ1) is 12.0. The first kappa shape index (κ1) is 18.5. The predicted octanol–water partition coefficient (Wildman–Crippen LogP) is 3.54. The second kappa shape index (κ2) is 8.87. The molecule has 0 bridgehead atoms. The maximum atomic E-state index is 11.9. The van der Waals surface area contributed by atoms with E-state index in [4.69, 9.17) is 9.47 Å². The van der Waals surface area contributed by atoms with Gasteiger partial charge >= 0.3 is 5.97 Å². The van der Waals surface area contributed by atoms with Crippen LogP contribution >= 0.6 is 0 Å².